The average Bonchev–Trinajstić information content (AvgIpc) is 3.12. The standard InChI is InChI=1S/C18H14N2O4/c21-18(19-22)16-11-15(24-20-16)12-23-17(13-7-3-1-4-8-13)14-9-5-2-6-10-14/h1-11,17H,12H2. The predicted molar refractivity (Wildman–Crippen MR) is 86.1 cm³/mol. The number of hydrogen-bond acceptors (Lipinski definition) is 5. The van der Waals surface area contributed by atoms with Gasteiger partial charge in [-0.1, -0.05) is 65.8 Å². The highest BCUT2D eigenvalue weighted by atomic mass is 16.5. The van der Waals surface area contributed by atoms with E-state index in [1.54, 1.807) is 0 Å². The summed E-state index contributed by atoms with van der Waals surface area (Å²) in [5, 5.41) is 5.82. The maximum atomic E-state index is 11.2. The van der Waals surface area contributed by atoms with Crippen molar-refractivity contribution in [2.24, 2.45) is 5.18 Å². The smallest absolute Gasteiger partial charge is 0.338 e. The molecular weight excluding hydrogens is 308 g/mol. The summed E-state index contributed by atoms with van der Waals surface area (Å²) in [4.78, 5) is 21.4. The van der Waals surface area contributed by atoms with Crippen LogP contribution in [0.15, 0.2) is 76.4 Å². The van der Waals surface area contributed by atoms with E-state index in [1.807, 2.05) is 60.7 Å². The number of benzene rings is 2. The Kier molecular flexibility index (Phi) is 4.88. The molecule has 24 heavy (non-hydrogen) atoms. The van der Waals surface area contributed by atoms with E-state index in [4.69, 9.17) is 9.26 Å². The molecule has 3 aromatic rings. The van der Waals surface area contributed by atoms with E-state index >= 15 is 0 Å². The van der Waals surface area contributed by atoms with Crippen molar-refractivity contribution in [3.8, 4) is 0 Å². The molecule has 0 unspecified atom stereocenters. The van der Waals surface area contributed by atoms with Crippen LogP contribution in [-0.4, -0.2) is 11.1 Å². The monoisotopic (exact) mass is 322 g/mol. The third-order valence-corrected chi connectivity index (χ3v) is 3.46. The number of nitrogens with zero attached hydrogens (tertiary/aromatic N) is 2. The Labute approximate surface area is 138 Å². The molecule has 0 spiro atoms. The van der Waals surface area contributed by atoms with Crippen LogP contribution >= 0.6 is 0 Å². The summed E-state index contributed by atoms with van der Waals surface area (Å²) >= 11 is 0. The zero-order chi connectivity index (χ0) is 16.8. The van der Waals surface area contributed by atoms with Crippen LogP contribution in [0.4, 0.5) is 0 Å². The number of ether oxygens (including phenoxy) is 1. The number of hydrogen-bond donors (Lipinski definition) is 0. The van der Waals surface area contributed by atoms with Gasteiger partial charge in [-0.3, -0.25) is 4.79 Å². The van der Waals surface area contributed by atoms with Gasteiger partial charge in [0.25, 0.3) is 0 Å². The maximum absolute atomic E-state index is 11.2. The fourth-order valence-electron chi connectivity index (χ4n) is 2.33. The molecule has 0 fully saturated rings. The lowest BCUT2D eigenvalue weighted by atomic mass is 10.0. The lowest BCUT2D eigenvalue weighted by molar-refractivity contribution is 0.0520. The molecule has 3 rings (SSSR count). The van der Waals surface area contributed by atoms with Gasteiger partial charge >= 0.3 is 5.91 Å². The van der Waals surface area contributed by atoms with Gasteiger partial charge in [0.15, 0.2) is 11.5 Å². The van der Waals surface area contributed by atoms with Crippen LogP contribution in [-0.2, 0) is 11.3 Å². The summed E-state index contributed by atoms with van der Waals surface area (Å²) in [5.41, 5.74) is 1.86. The fraction of sp³-hybridized carbons (Fsp3) is 0.111. The van der Waals surface area contributed by atoms with Crippen LogP contribution in [0.1, 0.15) is 33.5 Å². The molecule has 0 aliphatic carbocycles. The largest absolute Gasteiger partial charge is 0.361 e. The van der Waals surface area contributed by atoms with Crippen molar-refractivity contribution in [2.75, 3.05) is 0 Å². The number of rotatable bonds is 6. The third kappa shape index (κ3) is 3.61. The lowest BCUT2D eigenvalue weighted by Gasteiger charge is -2.18. The van der Waals surface area contributed by atoms with E-state index in [-0.39, 0.29) is 18.4 Å². The summed E-state index contributed by atoms with van der Waals surface area (Å²) in [6.45, 7) is 0.105. The predicted octanol–water partition coefficient (Wildman–Crippen LogP) is 3.89. The highest BCUT2D eigenvalue weighted by molar-refractivity contribution is 5.92. The molecule has 0 aliphatic rings. The molecule has 0 radical (unpaired) electrons. The highest BCUT2D eigenvalue weighted by Crippen LogP contribution is 2.27. The summed E-state index contributed by atoms with van der Waals surface area (Å²) < 4.78 is 11.0. The van der Waals surface area contributed by atoms with E-state index in [9.17, 15) is 9.70 Å². The van der Waals surface area contributed by atoms with Gasteiger partial charge in [-0.15, -0.1) is 4.91 Å². The van der Waals surface area contributed by atoms with Crippen molar-refractivity contribution in [3.63, 3.8) is 0 Å². The van der Waals surface area contributed by atoms with E-state index < -0.39 is 5.91 Å². The molecule has 6 heteroatoms. The van der Waals surface area contributed by atoms with Crippen molar-refractivity contribution in [1.82, 2.24) is 5.16 Å². The molecule has 0 saturated heterocycles. The molecule has 120 valence electrons. The Morgan fingerprint density at radius 1 is 1.04 bits per heavy atom. The van der Waals surface area contributed by atoms with Gasteiger partial charge in [0.2, 0.25) is 0 Å². The SMILES string of the molecule is O=NC(=O)c1cc(COC(c2ccccc2)c2ccccc2)on1. The van der Waals surface area contributed by atoms with Gasteiger partial charge < -0.3 is 9.26 Å². The molecular formula is C18H14N2O4. The van der Waals surface area contributed by atoms with E-state index in [0.29, 0.717) is 5.76 Å². The Hall–Kier alpha value is -3.12. The number of nitroso groups, excluding NO2 is 1. The van der Waals surface area contributed by atoms with Crippen LogP contribution in [0.3, 0.4) is 0 Å². The molecule has 2 aromatic carbocycles. The quantitative estimate of drug-likeness (QED) is 0.643. The van der Waals surface area contributed by atoms with Gasteiger partial charge in [0, 0.05) is 11.2 Å². The van der Waals surface area contributed by atoms with Gasteiger partial charge in [0.05, 0.1) is 0 Å². The normalized spacial score (nSPS) is 10.7. The summed E-state index contributed by atoms with van der Waals surface area (Å²) in [6, 6.07) is 20.9. The first-order chi connectivity index (χ1) is 11.8. The number of aromatic nitrogens is 1. The van der Waals surface area contributed by atoms with Gasteiger partial charge in [0.1, 0.15) is 12.7 Å². The average molecular weight is 322 g/mol. The summed E-state index contributed by atoms with van der Waals surface area (Å²) in [6.07, 6.45) is -0.291. The molecule has 0 aliphatic heterocycles. The Morgan fingerprint density at radius 3 is 2.17 bits per heavy atom. The Bertz CT molecular complexity index is 776. The van der Waals surface area contributed by atoms with Crippen LogP contribution in [0.5, 0.6) is 0 Å². The van der Waals surface area contributed by atoms with Gasteiger partial charge in [-0.2, -0.15) is 0 Å². The van der Waals surface area contributed by atoms with Crippen molar-refractivity contribution in [3.05, 3.63) is 94.2 Å². The van der Waals surface area contributed by atoms with Crippen LogP contribution in [0.2, 0.25) is 0 Å². The van der Waals surface area contributed by atoms with Crippen molar-refractivity contribution in [2.45, 2.75) is 12.7 Å². The number of carbonyl (C=O) groups excluding carboxylic acids is 1. The van der Waals surface area contributed by atoms with Crippen molar-refractivity contribution in [1.29, 1.82) is 0 Å². The second-order valence-electron chi connectivity index (χ2n) is 5.09. The molecule has 0 saturated carbocycles. The second-order valence-corrected chi connectivity index (χ2v) is 5.09. The first-order valence-corrected chi connectivity index (χ1v) is 7.32. The van der Waals surface area contributed by atoms with E-state index in [2.05, 4.69) is 10.3 Å². The zero-order valence-electron chi connectivity index (χ0n) is 12.7. The highest BCUT2D eigenvalue weighted by Gasteiger charge is 2.17. The zero-order valence-corrected chi connectivity index (χ0v) is 12.7. The third-order valence-electron chi connectivity index (χ3n) is 3.46. The minimum Gasteiger partial charge on any atom is -0.361 e. The first-order valence-electron chi connectivity index (χ1n) is 7.32. The minimum atomic E-state index is -0.965. The summed E-state index contributed by atoms with van der Waals surface area (Å²) in [7, 11) is 0. The lowest BCUT2D eigenvalue weighted by Crippen LogP contribution is -2.06. The summed E-state index contributed by atoms with van der Waals surface area (Å²) in [5.74, 6) is -0.619. The van der Waals surface area contributed by atoms with Gasteiger partial charge in [-0.05, 0) is 11.1 Å². The van der Waals surface area contributed by atoms with Crippen molar-refractivity contribution < 1.29 is 14.1 Å². The number of carbonyl (C=O) groups is 1. The maximum Gasteiger partial charge on any atom is 0.338 e. The van der Waals surface area contributed by atoms with Crippen LogP contribution in [0.25, 0.3) is 0 Å². The molecule has 1 heterocycles. The number of amides is 1. The van der Waals surface area contributed by atoms with E-state index in [0.717, 1.165) is 11.1 Å². The van der Waals surface area contributed by atoms with E-state index in [1.165, 1.54) is 6.07 Å². The van der Waals surface area contributed by atoms with Crippen LogP contribution < -0.4 is 0 Å². The topological polar surface area (TPSA) is 81.8 Å². The fourth-order valence-corrected chi connectivity index (χ4v) is 2.33. The molecule has 0 atom stereocenters. The molecule has 1 aromatic heterocycles. The Balaban J connectivity index is 1.79. The first kappa shape index (κ1) is 15.8. The molecule has 0 N–H and O–H groups in total. The molecule has 0 bridgehead atoms. The van der Waals surface area contributed by atoms with Gasteiger partial charge in [-0.25, -0.2) is 0 Å². The molecule has 1 amide bonds. The molecule has 6 nitrogen and oxygen atoms in total. The van der Waals surface area contributed by atoms with Crippen molar-refractivity contribution >= 4 is 5.91 Å². The second kappa shape index (κ2) is 7.43. The Morgan fingerprint density at radius 2 is 1.62 bits per heavy atom. The van der Waals surface area contributed by atoms with Crippen LogP contribution in [0, 0.1) is 4.91 Å². The minimum absolute atomic E-state index is 0.105.